The Kier molecular flexibility index (Phi) is 13.2. The predicted molar refractivity (Wildman–Crippen MR) is 25.8 cm³/mol. The van der Waals surface area contributed by atoms with Crippen LogP contribution in [0.15, 0.2) is 0 Å². The van der Waals surface area contributed by atoms with E-state index >= 15 is 0 Å². The molecule has 0 saturated heterocycles. The van der Waals surface area contributed by atoms with Crippen molar-refractivity contribution in [3.05, 3.63) is 0 Å². The first-order chi connectivity index (χ1) is 4.95. The first-order valence-electron chi connectivity index (χ1n) is 2.58. The standard InChI is InChI=1S/C5H6O6.2Na/c6-3(7)1-2(4(8)9)5(10)11;;/h2H,1H2,(H,6,7)(H,8,9)(H,10,11);;/q;2*+1/p-2. The molecule has 0 atom stereocenters. The van der Waals surface area contributed by atoms with Gasteiger partial charge in [0, 0.05) is 5.92 Å². The summed E-state index contributed by atoms with van der Waals surface area (Å²) in [5.41, 5.74) is 0. The first kappa shape index (κ1) is 19.1. The fraction of sp³-hybridized carbons (Fsp3) is 0.400. The van der Waals surface area contributed by atoms with Crippen LogP contribution in [0.1, 0.15) is 6.42 Å². The molecule has 0 amide bonds. The smallest absolute Gasteiger partial charge is 0.549 e. The molecule has 13 heavy (non-hydrogen) atoms. The molecule has 0 aromatic rings. The van der Waals surface area contributed by atoms with Crippen molar-refractivity contribution in [1.82, 2.24) is 0 Å². The summed E-state index contributed by atoms with van der Waals surface area (Å²) in [6.45, 7) is 0. The second-order valence-corrected chi connectivity index (χ2v) is 1.79. The summed E-state index contributed by atoms with van der Waals surface area (Å²) >= 11 is 0. The zero-order valence-corrected chi connectivity index (χ0v) is 11.3. The second kappa shape index (κ2) is 8.98. The number of hydrogen-bond acceptors (Lipinski definition) is 5. The van der Waals surface area contributed by atoms with Crippen LogP contribution in [0.25, 0.3) is 0 Å². The Morgan fingerprint density at radius 3 is 1.46 bits per heavy atom. The minimum Gasteiger partial charge on any atom is -0.549 e. The average molecular weight is 206 g/mol. The summed E-state index contributed by atoms with van der Waals surface area (Å²) in [6.07, 6.45) is -1.02. The molecule has 1 N–H and O–H groups in total. The minimum atomic E-state index is -2.08. The van der Waals surface area contributed by atoms with Crippen LogP contribution in [0.3, 0.4) is 0 Å². The zero-order valence-electron chi connectivity index (χ0n) is 7.27. The monoisotopic (exact) mass is 206 g/mol. The van der Waals surface area contributed by atoms with Gasteiger partial charge in [-0.2, -0.15) is 0 Å². The Labute approximate surface area is 118 Å². The fourth-order valence-electron chi connectivity index (χ4n) is 0.438. The van der Waals surface area contributed by atoms with E-state index in [4.69, 9.17) is 5.11 Å². The van der Waals surface area contributed by atoms with Crippen LogP contribution >= 0.6 is 0 Å². The van der Waals surface area contributed by atoms with Gasteiger partial charge in [0.15, 0.2) is 0 Å². The van der Waals surface area contributed by atoms with Crippen molar-refractivity contribution in [3.8, 4) is 0 Å². The van der Waals surface area contributed by atoms with Crippen LogP contribution in [-0.2, 0) is 14.4 Å². The Morgan fingerprint density at radius 2 is 1.38 bits per heavy atom. The molecule has 0 aromatic carbocycles. The van der Waals surface area contributed by atoms with Gasteiger partial charge in [-0.3, -0.25) is 4.79 Å². The SMILES string of the molecule is O=C(O)CC(C(=O)[O-])C(=O)[O-].[Na+].[Na+]. The maximum Gasteiger partial charge on any atom is 1.00 e. The predicted octanol–water partition coefficient (Wildman–Crippen LogP) is -9.41. The van der Waals surface area contributed by atoms with Crippen molar-refractivity contribution in [3.63, 3.8) is 0 Å². The molecule has 0 aliphatic carbocycles. The molecule has 0 aliphatic heterocycles. The maximum atomic E-state index is 9.88. The number of carbonyl (C=O) groups is 3. The van der Waals surface area contributed by atoms with E-state index in [9.17, 15) is 24.6 Å². The van der Waals surface area contributed by atoms with Gasteiger partial charge >= 0.3 is 65.1 Å². The number of rotatable bonds is 4. The molecular formula is C5H4Na2O6. The average Bonchev–Trinajstić information content (AvgIpc) is 1.81. The quantitative estimate of drug-likeness (QED) is 0.360. The van der Waals surface area contributed by atoms with E-state index < -0.39 is 30.2 Å². The van der Waals surface area contributed by atoms with E-state index in [1.165, 1.54) is 0 Å². The normalized spacial score (nSPS) is 8.08. The number of carboxylic acids is 3. The molecule has 8 heteroatoms. The molecule has 0 bridgehead atoms. The maximum absolute atomic E-state index is 9.88. The van der Waals surface area contributed by atoms with Crippen molar-refractivity contribution in [2.24, 2.45) is 5.92 Å². The molecule has 0 aromatic heterocycles. The number of hydrogen-bond donors (Lipinski definition) is 1. The summed E-state index contributed by atoms with van der Waals surface area (Å²) < 4.78 is 0. The van der Waals surface area contributed by atoms with Gasteiger partial charge in [-0.1, -0.05) is 0 Å². The van der Waals surface area contributed by atoms with E-state index in [0.717, 1.165) is 0 Å². The third-order valence-electron chi connectivity index (χ3n) is 0.948. The van der Waals surface area contributed by atoms with Gasteiger partial charge in [0.2, 0.25) is 0 Å². The van der Waals surface area contributed by atoms with E-state index in [2.05, 4.69) is 0 Å². The van der Waals surface area contributed by atoms with Gasteiger partial charge < -0.3 is 24.9 Å². The van der Waals surface area contributed by atoms with Crippen molar-refractivity contribution < 1.29 is 88.8 Å². The summed E-state index contributed by atoms with van der Waals surface area (Å²) in [6, 6.07) is 0. The summed E-state index contributed by atoms with van der Waals surface area (Å²) in [7, 11) is 0. The van der Waals surface area contributed by atoms with E-state index in [1.807, 2.05) is 0 Å². The van der Waals surface area contributed by atoms with Crippen molar-refractivity contribution >= 4 is 17.9 Å². The van der Waals surface area contributed by atoms with Gasteiger partial charge in [0.1, 0.15) is 0 Å². The van der Waals surface area contributed by atoms with Crippen LogP contribution in [0.4, 0.5) is 0 Å². The van der Waals surface area contributed by atoms with Crippen LogP contribution in [0.5, 0.6) is 0 Å². The van der Waals surface area contributed by atoms with Crippen LogP contribution in [-0.4, -0.2) is 23.0 Å². The number of aliphatic carboxylic acids is 3. The Bertz CT molecular complexity index is 189. The van der Waals surface area contributed by atoms with E-state index in [1.54, 1.807) is 0 Å². The van der Waals surface area contributed by atoms with Gasteiger partial charge in [-0.25, -0.2) is 0 Å². The molecular weight excluding hydrogens is 202 g/mol. The second-order valence-electron chi connectivity index (χ2n) is 1.79. The first-order valence-corrected chi connectivity index (χ1v) is 2.58. The number of carboxylic acid groups (broad SMARTS) is 3. The van der Waals surface area contributed by atoms with Gasteiger partial charge in [0.05, 0.1) is 18.4 Å². The molecule has 6 nitrogen and oxygen atoms in total. The fourth-order valence-corrected chi connectivity index (χ4v) is 0.438. The third kappa shape index (κ3) is 8.73. The summed E-state index contributed by atoms with van der Waals surface area (Å²) in [5.74, 6) is -7.50. The zero-order chi connectivity index (χ0) is 9.02. The number of carbonyl (C=O) groups excluding carboxylic acids is 2. The van der Waals surface area contributed by atoms with Crippen LogP contribution in [0, 0.1) is 5.92 Å². The molecule has 0 spiro atoms. The van der Waals surface area contributed by atoms with Crippen molar-refractivity contribution in [2.45, 2.75) is 6.42 Å². The van der Waals surface area contributed by atoms with Crippen LogP contribution in [0.2, 0.25) is 0 Å². The molecule has 62 valence electrons. The third-order valence-corrected chi connectivity index (χ3v) is 0.948. The molecule has 0 saturated carbocycles. The van der Waals surface area contributed by atoms with Crippen LogP contribution < -0.4 is 69.3 Å². The Hall–Kier alpha value is 0.410. The van der Waals surface area contributed by atoms with Crippen molar-refractivity contribution in [2.75, 3.05) is 0 Å². The van der Waals surface area contributed by atoms with E-state index in [0.29, 0.717) is 0 Å². The van der Waals surface area contributed by atoms with Gasteiger partial charge in [-0.15, -0.1) is 0 Å². The van der Waals surface area contributed by atoms with Gasteiger partial charge in [-0.05, 0) is 0 Å². The molecule has 0 heterocycles. The molecule has 0 fully saturated rings. The molecule has 0 rings (SSSR count). The van der Waals surface area contributed by atoms with E-state index in [-0.39, 0.29) is 59.1 Å². The van der Waals surface area contributed by atoms with Gasteiger partial charge in [0.25, 0.3) is 0 Å². The summed E-state index contributed by atoms with van der Waals surface area (Å²) in [5, 5.41) is 27.8. The summed E-state index contributed by atoms with van der Waals surface area (Å²) in [4.78, 5) is 29.6. The molecule has 0 aliphatic rings. The minimum absolute atomic E-state index is 0. The Balaban J connectivity index is -0.000000500. The topological polar surface area (TPSA) is 118 Å². The largest absolute Gasteiger partial charge is 1.00 e. The Morgan fingerprint density at radius 1 is 1.08 bits per heavy atom. The molecule has 0 radical (unpaired) electrons. The van der Waals surface area contributed by atoms with Crippen molar-refractivity contribution in [1.29, 1.82) is 0 Å². The molecule has 0 unspecified atom stereocenters.